The molecule has 1 rings (SSSR count). The Morgan fingerprint density at radius 1 is 1.46 bits per heavy atom. The van der Waals surface area contributed by atoms with Crippen molar-refractivity contribution in [1.29, 1.82) is 0 Å². The number of aryl methyl sites for hydroxylation is 1. The van der Waals surface area contributed by atoms with Gasteiger partial charge in [-0.3, -0.25) is 0 Å². The van der Waals surface area contributed by atoms with Crippen LogP contribution in [0.15, 0.2) is 10.6 Å². The number of nitrogens with zero attached hydrogens (tertiary/aromatic N) is 1. The molecule has 0 aliphatic carbocycles. The van der Waals surface area contributed by atoms with E-state index in [0.29, 0.717) is 0 Å². The molecule has 1 aromatic rings. The van der Waals surface area contributed by atoms with Gasteiger partial charge in [0.05, 0.1) is 6.20 Å². The molecule has 1 N–H and O–H groups in total. The van der Waals surface area contributed by atoms with Gasteiger partial charge in [0.25, 0.3) is 0 Å². The summed E-state index contributed by atoms with van der Waals surface area (Å²) in [6, 6.07) is 0. The van der Waals surface area contributed by atoms with E-state index in [1.165, 1.54) is 0 Å². The first kappa shape index (κ1) is 10.1. The molecule has 3 heteroatoms. The Morgan fingerprint density at radius 2 is 2.15 bits per heavy atom. The lowest BCUT2D eigenvalue weighted by Gasteiger charge is -2.23. The fourth-order valence-corrected chi connectivity index (χ4v) is 0.953. The SMILES string of the molecule is CCc1ncc(NC(C)(C)CC)o1. The molecule has 0 aliphatic rings. The lowest BCUT2D eigenvalue weighted by Crippen LogP contribution is -2.29. The van der Waals surface area contributed by atoms with E-state index >= 15 is 0 Å². The second-order valence-electron chi connectivity index (χ2n) is 3.83. The fourth-order valence-electron chi connectivity index (χ4n) is 0.953. The molecule has 1 aromatic heterocycles. The molecular weight excluding hydrogens is 164 g/mol. The van der Waals surface area contributed by atoms with Crippen LogP contribution in [-0.2, 0) is 6.42 Å². The Balaban J connectivity index is 2.63. The van der Waals surface area contributed by atoms with Crippen molar-refractivity contribution in [3.63, 3.8) is 0 Å². The van der Waals surface area contributed by atoms with Crippen molar-refractivity contribution >= 4 is 5.88 Å². The first-order valence-electron chi connectivity index (χ1n) is 4.80. The normalized spacial score (nSPS) is 11.7. The van der Waals surface area contributed by atoms with Crippen LogP contribution in [0.1, 0.15) is 40.0 Å². The van der Waals surface area contributed by atoms with E-state index in [1.807, 2.05) is 6.92 Å². The highest BCUT2D eigenvalue weighted by Crippen LogP contribution is 2.18. The second kappa shape index (κ2) is 3.81. The van der Waals surface area contributed by atoms with Crippen LogP contribution in [0.3, 0.4) is 0 Å². The van der Waals surface area contributed by atoms with Gasteiger partial charge in [-0.25, -0.2) is 4.98 Å². The Kier molecular flexibility index (Phi) is 2.96. The van der Waals surface area contributed by atoms with E-state index in [-0.39, 0.29) is 5.54 Å². The van der Waals surface area contributed by atoms with E-state index in [1.54, 1.807) is 6.20 Å². The maximum absolute atomic E-state index is 5.45. The molecule has 0 saturated carbocycles. The van der Waals surface area contributed by atoms with Gasteiger partial charge < -0.3 is 9.73 Å². The third-order valence-corrected chi connectivity index (χ3v) is 2.20. The van der Waals surface area contributed by atoms with E-state index in [2.05, 4.69) is 31.1 Å². The highest BCUT2D eigenvalue weighted by molar-refractivity contribution is 5.30. The second-order valence-corrected chi connectivity index (χ2v) is 3.83. The molecule has 0 fully saturated rings. The molecular formula is C10H18N2O. The van der Waals surface area contributed by atoms with Gasteiger partial charge in [0.2, 0.25) is 5.88 Å². The summed E-state index contributed by atoms with van der Waals surface area (Å²) in [7, 11) is 0. The summed E-state index contributed by atoms with van der Waals surface area (Å²) < 4.78 is 5.45. The fraction of sp³-hybridized carbons (Fsp3) is 0.700. The van der Waals surface area contributed by atoms with Crippen LogP contribution in [0.4, 0.5) is 5.88 Å². The number of hydrogen-bond donors (Lipinski definition) is 1. The number of oxazole rings is 1. The van der Waals surface area contributed by atoms with Crippen LogP contribution in [0.2, 0.25) is 0 Å². The molecule has 13 heavy (non-hydrogen) atoms. The standard InChI is InChI=1S/C10H18N2O/c1-5-8-11-7-9(13-8)12-10(3,4)6-2/h7,12H,5-6H2,1-4H3. The smallest absolute Gasteiger partial charge is 0.214 e. The number of nitrogens with one attached hydrogen (secondary N) is 1. The zero-order chi connectivity index (χ0) is 9.90. The number of rotatable bonds is 4. The molecule has 0 spiro atoms. The van der Waals surface area contributed by atoms with Crippen molar-refractivity contribution in [2.45, 2.75) is 46.1 Å². The first-order valence-corrected chi connectivity index (χ1v) is 4.80. The van der Waals surface area contributed by atoms with Gasteiger partial charge >= 0.3 is 0 Å². The molecule has 3 nitrogen and oxygen atoms in total. The number of anilines is 1. The summed E-state index contributed by atoms with van der Waals surface area (Å²) in [5.41, 5.74) is 0.0740. The Labute approximate surface area is 79.5 Å². The molecule has 0 unspecified atom stereocenters. The summed E-state index contributed by atoms with van der Waals surface area (Å²) >= 11 is 0. The average molecular weight is 182 g/mol. The van der Waals surface area contributed by atoms with Crippen molar-refractivity contribution in [2.24, 2.45) is 0 Å². The van der Waals surface area contributed by atoms with E-state index < -0.39 is 0 Å². The minimum Gasteiger partial charge on any atom is -0.425 e. The van der Waals surface area contributed by atoms with Crippen LogP contribution in [0, 0.1) is 0 Å². The number of hydrogen-bond acceptors (Lipinski definition) is 3. The lowest BCUT2D eigenvalue weighted by atomic mass is 10.0. The maximum atomic E-state index is 5.45. The van der Waals surface area contributed by atoms with Gasteiger partial charge in [0, 0.05) is 12.0 Å². The van der Waals surface area contributed by atoms with Gasteiger partial charge in [-0.1, -0.05) is 13.8 Å². The topological polar surface area (TPSA) is 38.1 Å². The van der Waals surface area contributed by atoms with Crippen molar-refractivity contribution in [3.05, 3.63) is 12.1 Å². The molecule has 0 aliphatic heterocycles. The Bertz CT molecular complexity index is 266. The number of aromatic nitrogens is 1. The molecule has 0 aromatic carbocycles. The quantitative estimate of drug-likeness (QED) is 0.778. The molecule has 1 heterocycles. The van der Waals surface area contributed by atoms with Gasteiger partial charge in [-0.15, -0.1) is 0 Å². The Hall–Kier alpha value is -0.990. The summed E-state index contributed by atoms with van der Waals surface area (Å²) in [5.74, 6) is 1.55. The van der Waals surface area contributed by atoms with Crippen LogP contribution in [-0.4, -0.2) is 10.5 Å². The third-order valence-electron chi connectivity index (χ3n) is 2.20. The molecule has 0 amide bonds. The van der Waals surface area contributed by atoms with Gasteiger partial charge in [-0.2, -0.15) is 0 Å². The van der Waals surface area contributed by atoms with Crippen LogP contribution in [0.25, 0.3) is 0 Å². The van der Waals surface area contributed by atoms with E-state index in [4.69, 9.17) is 4.42 Å². The summed E-state index contributed by atoms with van der Waals surface area (Å²) in [6.07, 6.45) is 3.64. The third kappa shape index (κ3) is 2.76. The largest absolute Gasteiger partial charge is 0.425 e. The van der Waals surface area contributed by atoms with Gasteiger partial charge in [0.15, 0.2) is 5.89 Å². The van der Waals surface area contributed by atoms with Crippen molar-refractivity contribution < 1.29 is 4.42 Å². The van der Waals surface area contributed by atoms with Crippen molar-refractivity contribution in [2.75, 3.05) is 5.32 Å². The summed E-state index contributed by atoms with van der Waals surface area (Å²) in [5, 5.41) is 3.29. The average Bonchev–Trinajstić information content (AvgIpc) is 2.52. The highest BCUT2D eigenvalue weighted by Gasteiger charge is 2.16. The van der Waals surface area contributed by atoms with Crippen LogP contribution < -0.4 is 5.32 Å². The van der Waals surface area contributed by atoms with Crippen LogP contribution >= 0.6 is 0 Å². The maximum Gasteiger partial charge on any atom is 0.214 e. The summed E-state index contributed by atoms with van der Waals surface area (Å²) in [4.78, 5) is 4.12. The van der Waals surface area contributed by atoms with Gasteiger partial charge in [0.1, 0.15) is 0 Å². The highest BCUT2D eigenvalue weighted by atomic mass is 16.4. The molecule has 0 saturated heterocycles. The predicted octanol–water partition coefficient (Wildman–Crippen LogP) is 2.84. The van der Waals surface area contributed by atoms with E-state index in [9.17, 15) is 0 Å². The Morgan fingerprint density at radius 3 is 2.62 bits per heavy atom. The molecule has 0 radical (unpaired) electrons. The molecule has 0 bridgehead atoms. The zero-order valence-corrected chi connectivity index (χ0v) is 8.85. The van der Waals surface area contributed by atoms with Crippen molar-refractivity contribution in [1.82, 2.24) is 4.98 Å². The molecule has 74 valence electrons. The summed E-state index contributed by atoms with van der Waals surface area (Å²) in [6.45, 7) is 8.45. The van der Waals surface area contributed by atoms with Gasteiger partial charge in [-0.05, 0) is 20.3 Å². The molecule has 0 atom stereocenters. The predicted molar refractivity (Wildman–Crippen MR) is 53.9 cm³/mol. The van der Waals surface area contributed by atoms with Crippen molar-refractivity contribution in [3.8, 4) is 0 Å². The minimum absolute atomic E-state index is 0.0740. The zero-order valence-electron chi connectivity index (χ0n) is 8.85. The first-order chi connectivity index (χ1) is 6.07. The minimum atomic E-state index is 0.0740. The lowest BCUT2D eigenvalue weighted by molar-refractivity contribution is 0.475. The van der Waals surface area contributed by atoms with Crippen LogP contribution in [0.5, 0.6) is 0 Å². The monoisotopic (exact) mass is 182 g/mol. The van der Waals surface area contributed by atoms with E-state index in [0.717, 1.165) is 24.6 Å².